The molecule has 2 rings (SSSR count). The highest BCUT2D eigenvalue weighted by atomic mass is 16.5. The first-order valence-corrected chi connectivity index (χ1v) is 6.04. The van der Waals surface area contributed by atoms with Crippen LogP contribution in [0.1, 0.15) is 25.0 Å². The summed E-state index contributed by atoms with van der Waals surface area (Å²) in [5.74, 6) is 0. The molecule has 0 amide bonds. The van der Waals surface area contributed by atoms with E-state index in [4.69, 9.17) is 10.00 Å². The van der Waals surface area contributed by atoms with Crippen LogP contribution in [0.4, 0.5) is 0 Å². The zero-order valence-corrected chi connectivity index (χ0v) is 10.4. The van der Waals surface area contributed by atoms with Crippen molar-refractivity contribution in [1.29, 1.82) is 5.26 Å². The molecular weight excluding hydrogens is 212 g/mol. The van der Waals surface area contributed by atoms with Crippen LogP contribution in [-0.2, 0) is 11.3 Å². The summed E-state index contributed by atoms with van der Waals surface area (Å²) in [6.45, 7) is 7.03. The van der Waals surface area contributed by atoms with Gasteiger partial charge in [-0.2, -0.15) is 5.26 Å². The number of nitriles is 1. The van der Waals surface area contributed by atoms with Crippen LogP contribution in [-0.4, -0.2) is 30.2 Å². The first-order valence-electron chi connectivity index (χ1n) is 6.04. The Bertz CT molecular complexity index is 414. The molecule has 3 heteroatoms. The molecule has 1 aromatic carbocycles. The van der Waals surface area contributed by atoms with Crippen LogP contribution < -0.4 is 0 Å². The molecule has 0 radical (unpaired) electrons. The van der Waals surface area contributed by atoms with Gasteiger partial charge in [0.15, 0.2) is 0 Å². The molecule has 17 heavy (non-hydrogen) atoms. The molecule has 1 saturated heterocycles. The van der Waals surface area contributed by atoms with Gasteiger partial charge in [0.1, 0.15) is 0 Å². The molecule has 3 nitrogen and oxygen atoms in total. The summed E-state index contributed by atoms with van der Waals surface area (Å²) in [5.41, 5.74) is 1.93. The fraction of sp³-hybridized carbons (Fsp3) is 0.500. The quantitative estimate of drug-likeness (QED) is 0.781. The van der Waals surface area contributed by atoms with Crippen molar-refractivity contribution in [3.05, 3.63) is 35.4 Å². The molecule has 0 unspecified atom stereocenters. The Morgan fingerprint density at radius 3 is 2.71 bits per heavy atom. The third kappa shape index (κ3) is 3.29. The molecule has 0 N–H and O–H groups in total. The number of ether oxygens (including phenoxy) is 1. The number of hydrogen-bond donors (Lipinski definition) is 0. The van der Waals surface area contributed by atoms with E-state index in [0.29, 0.717) is 0 Å². The summed E-state index contributed by atoms with van der Waals surface area (Å²) >= 11 is 0. The first-order chi connectivity index (χ1) is 8.17. The van der Waals surface area contributed by atoms with Crippen molar-refractivity contribution in [3.8, 4) is 6.07 Å². The average molecular weight is 230 g/mol. The minimum atomic E-state index is 0.290. The van der Waals surface area contributed by atoms with Crippen molar-refractivity contribution in [2.75, 3.05) is 13.1 Å². The number of hydrogen-bond acceptors (Lipinski definition) is 3. The van der Waals surface area contributed by atoms with E-state index in [-0.39, 0.29) is 12.2 Å². The van der Waals surface area contributed by atoms with Crippen molar-refractivity contribution in [3.63, 3.8) is 0 Å². The van der Waals surface area contributed by atoms with E-state index < -0.39 is 0 Å². The van der Waals surface area contributed by atoms with E-state index in [1.807, 2.05) is 18.2 Å². The molecule has 90 valence electrons. The first kappa shape index (κ1) is 12.1. The van der Waals surface area contributed by atoms with Gasteiger partial charge in [0, 0.05) is 19.6 Å². The lowest BCUT2D eigenvalue weighted by molar-refractivity contribution is -0.0704. The molecule has 2 atom stereocenters. The number of nitrogens with zero attached hydrogens (tertiary/aromatic N) is 2. The van der Waals surface area contributed by atoms with Crippen molar-refractivity contribution >= 4 is 0 Å². The smallest absolute Gasteiger partial charge is 0.0991 e. The van der Waals surface area contributed by atoms with Gasteiger partial charge in [-0.25, -0.2) is 0 Å². The van der Waals surface area contributed by atoms with Crippen LogP contribution >= 0.6 is 0 Å². The van der Waals surface area contributed by atoms with Gasteiger partial charge in [-0.15, -0.1) is 0 Å². The van der Waals surface area contributed by atoms with Crippen LogP contribution in [0.3, 0.4) is 0 Å². The lowest BCUT2D eigenvalue weighted by Crippen LogP contribution is -2.44. The summed E-state index contributed by atoms with van der Waals surface area (Å²) in [6, 6.07) is 10.0. The summed E-state index contributed by atoms with van der Waals surface area (Å²) in [6.07, 6.45) is 0.579. The van der Waals surface area contributed by atoms with Crippen LogP contribution in [0.15, 0.2) is 24.3 Å². The molecule has 0 aromatic heterocycles. The van der Waals surface area contributed by atoms with Crippen molar-refractivity contribution in [1.82, 2.24) is 4.90 Å². The Kier molecular flexibility index (Phi) is 3.78. The summed E-state index contributed by atoms with van der Waals surface area (Å²) in [5, 5.41) is 8.87. The van der Waals surface area contributed by atoms with Gasteiger partial charge in [0.25, 0.3) is 0 Å². The van der Waals surface area contributed by atoms with Gasteiger partial charge >= 0.3 is 0 Å². The fourth-order valence-corrected chi connectivity index (χ4v) is 2.41. The molecule has 1 heterocycles. The summed E-state index contributed by atoms with van der Waals surface area (Å²) < 4.78 is 5.70. The fourth-order valence-electron chi connectivity index (χ4n) is 2.41. The standard InChI is InChI=1S/C14H18N2O/c1-11-8-16(9-12(2)17-11)10-14-5-3-4-13(6-14)7-15/h3-6,11-12H,8-10H2,1-2H3/t11-,12-/m0/s1. The molecule has 1 aliphatic rings. The second-order valence-electron chi connectivity index (χ2n) is 4.76. The molecule has 0 bridgehead atoms. The number of rotatable bonds is 2. The zero-order chi connectivity index (χ0) is 12.3. The molecular formula is C14H18N2O. The predicted molar refractivity (Wildman–Crippen MR) is 66.4 cm³/mol. The average Bonchev–Trinajstić information content (AvgIpc) is 2.28. The minimum Gasteiger partial charge on any atom is -0.373 e. The van der Waals surface area contributed by atoms with Gasteiger partial charge in [-0.05, 0) is 31.5 Å². The van der Waals surface area contributed by atoms with Crippen LogP contribution in [0.5, 0.6) is 0 Å². The Morgan fingerprint density at radius 1 is 1.35 bits per heavy atom. The highest BCUT2D eigenvalue weighted by molar-refractivity contribution is 5.32. The van der Waals surface area contributed by atoms with E-state index in [1.165, 1.54) is 5.56 Å². The van der Waals surface area contributed by atoms with Gasteiger partial charge in [-0.1, -0.05) is 12.1 Å². The Morgan fingerprint density at radius 2 is 2.06 bits per heavy atom. The Balaban J connectivity index is 2.02. The van der Waals surface area contributed by atoms with Gasteiger partial charge in [0.2, 0.25) is 0 Å². The summed E-state index contributed by atoms with van der Waals surface area (Å²) in [4.78, 5) is 2.38. The minimum absolute atomic E-state index is 0.290. The highest BCUT2D eigenvalue weighted by Crippen LogP contribution is 2.14. The molecule has 0 saturated carbocycles. The van der Waals surface area contributed by atoms with E-state index in [0.717, 1.165) is 25.2 Å². The highest BCUT2D eigenvalue weighted by Gasteiger charge is 2.21. The van der Waals surface area contributed by atoms with E-state index >= 15 is 0 Å². The lowest BCUT2D eigenvalue weighted by atomic mass is 10.1. The second kappa shape index (κ2) is 5.31. The van der Waals surface area contributed by atoms with E-state index in [2.05, 4.69) is 30.9 Å². The number of morpholine rings is 1. The Labute approximate surface area is 103 Å². The third-order valence-corrected chi connectivity index (χ3v) is 2.96. The predicted octanol–water partition coefficient (Wildman–Crippen LogP) is 2.17. The van der Waals surface area contributed by atoms with Gasteiger partial charge in [0.05, 0.1) is 23.8 Å². The van der Waals surface area contributed by atoms with E-state index in [1.54, 1.807) is 0 Å². The monoisotopic (exact) mass is 230 g/mol. The Hall–Kier alpha value is -1.37. The summed E-state index contributed by atoms with van der Waals surface area (Å²) in [7, 11) is 0. The maximum absolute atomic E-state index is 8.87. The normalized spacial score (nSPS) is 25.5. The van der Waals surface area contributed by atoms with Crippen molar-refractivity contribution in [2.24, 2.45) is 0 Å². The van der Waals surface area contributed by atoms with Crippen molar-refractivity contribution in [2.45, 2.75) is 32.6 Å². The maximum Gasteiger partial charge on any atom is 0.0991 e. The second-order valence-corrected chi connectivity index (χ2v) is 4.76. The van der Waals surface area contributed by atoms with Gasteiger partial charge < -0.3 is 4.74 Å². The largest absolute Gasteiger partial charge is 0.373 e. The lowest BCUT2D eigenvalue weighted by Gasteiger charge is -2.35. The molecule has 0 spiro atoms. The molecule has 1 fully saturated rings. The van der Waals surface area contributed by atoms with Crippen LogP contribution in [0.2, 0.25) is 0 Å². The zero-order valence-electron chi connectivity index (χ0n) is 10.4. The molecule has 1 aliphatic heterocycles. The van der Waals surface area contributed by atoms with Crippen LogP contribution in [0.25, 0.3) is 0 Å². The van der Waals surface area contributed by atoms with Crippen molar-refractivity contribution < 1.29 is 4.74 Å². The van der Waals surface area contributed by atoms with Crippen LogP contribution in [0, 0.1) is 11.3 Å². The SMILES string of the molecule is C[C@H]1CN(Cc2cccc(C#N)c2)C[C@H](C)O1. The van der Waals surface area contributed by atoms with E-state index in [9.17, 15) is 0 Å². The van der Waals surface area contributed by atoms with Gasteiger partial charge in [-0.3, -0.25) is 4.90 Å². The number of benzene rings is 1. The molecule has 0 aliphatic carbocycles. The third-order valence-electron chi connectivity index (χ3n) is 2.96. The topological polar surface area (TPSA) is 36.3 Å². The molecule has 1 aromatic rings. The maximum atomic E-state index is 8.87.